The fourth-order valence-electron chi connectivity index (χ4n) is 1.53. The summed E-state index contributed by atoms with van der Waals surface area (Å²) in [4.78, 5) is 0.242. The van der Waals surface area contributed by atoms with E-state index in [0.29, 0.717) is 5.75 Å². The maximum Gasteiger partial charge on any atom is 0.243 e. The summed E-state index contributed by atoms with van der Waals surface area (Å²) in [6.07, 6.45) is 0.757. The molecule has 1 aromatic carbocycles. The molecule has 0 aliphatic rings. The number of aliphatic hydroxyl groups is 1. The number of ether oxygens (including phenoxy) is 1. The Morgan fingerprint density at radius 2 is 1.89 bits per heavy atom. The van der Waals surface area contributed by atoms with E-state index >= 15 is 0 Å². The Morgan fingerprint density at radius 3 is 2.37 bits per heavy atom. The van der Waals surface area contributed by atoms with E-state index in [9.17, 15) is 8.42 Å². The molecule has 0 radical (unpaired) electrons. The van der Waals surface area contributed by atoms with E-state index in [1.165, 1.54) is 16.4 Å². The molecule has 0 aromatic heterocycles. The van der Waals surface area contributed by atoms with Gasteiger partial charge >= 0.3 is 0 Å². The van der Waals surface area contributed by atoms with Crippen molar-refractivity contribution in [2.24, 2.45) is 0 Å². The Kier molecular flexibility index (Phi) is 5.78. The van der Waals surface area contributed by atoms with Crippen molar-refractivity contribution < 1.29 is 18.3 Å². The van der Waals surface area contributed by atoms with Gasteiger partial charge in [-0.25, -0.2) is 8.42 Å². The first-order valence-corrected chi connectivity index (χ1v) is 7.69. The van der Waals surface area contributed by atoms with Crippen molar-refractivity contribution in [1.82, 2.24) is 4.31 Å². The Morgan fingerprint density at radius 1 is 1.32 bits per heavy atom. The van der Waals surface area contributed by atoms with Gasteiger partial charge in [0.2, 0.25) is 10.0 Å². The molecule has 1 unspecified atom stereocenters. The van der Waals surface area contributed by atoms with E-state index in [2.05, 4.69) is 0 Å². The van der Waals surface area contributed by atoms with Crippen LogP contribution in [0.1, 0.15) is 20.3 Å². The Balaban J connectivity index is 2.90. The zero-order chi connectivity index (χ0) is 14.5. The van der Waals surface area contributed by atoms with Crippen LogP contribution in [0.15, 0.2) is 29.2 Å². The molecule has 0 saturated carbocycles. The summed E-state index contributed by atoms with van der Waals surface area (Å²) in [7, 11) is -1.88. The van der Waals surface area contributed by atoms with Crippen LogP contribution in [0.2, 0.25) is 0 Å². The van der Waals surface area contributed by atoms with Crippen LogP contribution in [0, 0.1) is 0 Å². The maximum absolute atomic E-state index is 12.3. The first-order chi connectivity index (χ1) is 8.93. The molecular weight excluding hydrogens is 266 g/mol. The van der Waals surface area contributed by atoms with Crippen molar-refractivity contribution in [3.63, 3.8) is 0 Å². The lowest BCUT2D eigenvalue weighted by Gasteiger charge is -2.23. The highest BCUT2D eigenvalue weighted by molar-refractivity contribution is 7.89. The Bertz CT molecular complexity index is 484. The predicted octanol–water partition coefficient (Wildman–Crippen LogP) is 1.48. The molecule has 0 fully saturated rings. The van der Waals surface area contributed by atoms with Crippen molar-refractivity contribution >= 4 is 10.0 Å². The molecular formula is C13H21NO4S. The molecule has 6 heteroatoms. The van der Waals surface area contributed by atoms with Gasteiger partial charge in [0.25, 0.3) is 0 Å². The number of hydrogen-bond donors (Lipinski definition) is 1. The molecule has 19 heavy (non-hydrogen) atoms. The third-order valence-corrected chi connectivity index (χ3v) is 5.06. The lowest BCUT2D eigenvalue weighted by molar-refractivity contribution is 0.201. The van der Waals surface area contributed by atoms with Crippen LogP contribution in [0.3, 0.4) is 0 Å². The second kappa shape index (κ2) is 6.88. The van der Waals surface area contributed by atoms with Crippen molar-refractivity contribution in [2.45, 2.75) is 31.2 Å². The molecule has 108 valence electrons. The Hall–Kier alpha value is -1.11. The number of sulfonamides is 1. The van der Waals surface area contributed by atoms with Gasteiger partial charge in [0.1, 0.15) is 12.4 Å². The van der Waals surface area contributed by atoms with Gasteiger partial charge in [0.05, 0.1) is 11.5 Å². The second-order valence-corrected chi connectivity index (χ2v) is 6.32. The van der Waals surface area contributed by atoms with Gasteiger partial charge in [0.15, 0.2) is 0 Å². The van der Waals surface area contributed by atoms with Crippen molar-refractivity contribution in [3.05, 3.63) is 24.3 Å². The highest BCUT2D eigenvalue weighted by Crippen LogP contribution is 2.20. The first-order valence-electron chi connectivity index (χ1n) is 6.25. The van der Waals surface area contributed by atoms with Crippen molar-refractivity contribution in [1.29, 1.82) is 0 Å². The van der Waals surface area contributed by atoms with Crippen LogP contribution >= 0.6 is 0 Å². The SMILES string of the molecule is CCC(C)N(C)S(=O)(=O)c1ccc(OCCO)cc1. The molecule has 0 heterocycles. The third kappa shape index (κ3) is 3.92. The molecule has 0 spiro atoms. The minimum Gasteiger partial charge on any atom is -0.491 e. The smallest absolute Gasteiger partial charge is 0.243 e. The largest absolute Gasteiger partial charge is 0.491 e. The molecule has 0 aliphatic heterocycles. The molecule has 1 N–H and O–H groups in total. The number of aliphatic hydroxyl groups excluding tert-OH is 1. The zero-order valence-electron chi connectivity index (χ0n) is 11.5. The Labute approximate surface area is 114 Å². The van der Waals surface area contributed by atoms with Gasteiger partial charge in [-0.1, -0.05) is 6.92 Å². The number of hydrogen-bond acceptors (Lipinski definition) is 4. The van der Waals surface area contributed by atoms with E-state index in [0.717, 1.165) is 6.42 Å². The number of benzene rings is 1. The summed E-state index contributed by atoms with van der Waals surface area (Å²) >= 11 is 0. The fraction of sp³-hybridized carbons (Fsp3) is 0.538. The summed E-state index contributed by atoms with van der Waals surface area (Å²) in [6, 6.07) is 6.16. The molecule has 5 nitrogen and oxygen atoms in total. The number of nitrogens with zero attached hydrogens (tertiary/aromatic N) is 1. The van der Waals surface area contributed by atoms with Crippen LogP contribution in [0.25, 0.3) is 0 Å². The molecule has 0 amide bonds. The molecule has 0 aliphatic carbocycles. The molecule has 0 saturated heterocycles. The zero-order valence-corrected chi connectivity index (χ0v) is 12.4. The molecule has 0 bridgehead atoms. The average Bonchev–Trinajstić information content (AvgIpc) is 2.43. The predicted molar refractivity (Wildman–Crippen MR) is 73.7 cm³/mol. The van der Waals surface area contributed by atoms with Gasteiger partial charge in [-0.2, -0.15) is 4.31 Å². The summed E-state index contributed by atoms with van der Waals surface area (Å²) in [6.45, 7) is 3.94. The van der Waals surface area contributed by atoms with E-state index in [4.69, 9.17) is 9.84 Å². The number of rotatable bonds is 7. The van der Waals surface area contributed by atoms with Gasteiger partial charge in [0, 0.05) is 13.1 Å². The van der Waals surface area contributed by atoms with Crippen LogP contribution in [0.5, 0.6) is 5.75 Å². The van der Waals surface area contributed by atoms with Crippen molar-refractivity contribution in [2.75, 3.05) is 20.3 Å². The van der Waals surface area contributed by atoms with Crippen LogP contribution < -0.4 is 4.74 Å². The highest BCUT2D eigenvalue weighted by Gasteiger charge is 2.24. The maximum atomic E-state index is 12.3. The van der Waals surface area contributed by atoms with Crippen molar-refractivity contribution in [3.8, 4) is 5.75 Å². The molecule has 1 aromatic rings. The van der Waals surface area contributed by atoms with E-state index in [-0.39, 0.29) is 24.2 Å². The van der Waals surface area contributed by atoms with Crippen LogP contribution in [-0.4, -0.2) is 44.1 Å². The highest BCUT2D eigenvalue weighted by atomic mass is 32.2. The lowest BCUT2D eigenvalue weighted by Crippen LogP contribution is -2.34. The van der Waals surface area contributed by atoms with Gasteiger partial charge in [-0.15, -0.1) is 0 Å². The standard InChI is InChI=1S/C13H21NO4S/c1-4-11(2)14(3)19(16,17)13-7-5-12(6-8-13)18-10-9-15/h5-8,11,15H,4,9-10H2,1-3H3. The minimum atomic E-state index is -3.46. The normalized spacial score (nSPS) is 13.5. The lowest BCUT2D eigenvalue weighted by atomic mass is 10.3. The average molecular weight is 287 g/mol. The molecule has 1 rings (SSSR count). The quantitative estimate of drug-likeness (QED) is 0.825. The van der Waals surface area contributed by atoms with Gasteiger partial charge in [-0.05, 0) is 37.6 Å². The summed E-state index contributed by atoms with van der Waals surface area (Å²) in [5.74, 6) is 0.541. The summed E-state index contributed by atoms with van der Waals surface area (Å²) in [5.41, 5.74) is 0. The third-order valence-electron chi connectivity index (χ3n) is 3.07. The fourth-order valence-corrected chi connectivity index (χ4v) is 2.97. The second-order valence-electron chi connectivity index (χ2n) is 4.32. The minimum absolute atomic E-state index is 0.0460. The topological polar surface area (TPSA) is 66.8 Å². The van der Waals surface area contributed by atoms with Gasteiger partial charge in [-0.3, -0.25) is 0 Å². The van der Waals surface area contributed by atoms with Gasteiger partial charge < -0.3 is 9.84 Å². The summed E-state index contributed by atoms with van der Waals surface area (Å²) < 4.78 is 31.2. The molecule has 1 atom stereocenters. The van der Waals surface area contributed by atoms with E-state index in [1.54, 1.807) is 19.2 Å². The monoisotopic (exact) mass is 287 g/mol. The van der Waals surface area contributed by atoms with E-state index < -0.39 is 10.0 Å². The first kappa shape index (κ1) is 15.9. The van der Waals surface area contributed by atoms with Crippen LogP contribution in [-0.2, 0) is 10.0 Å². The van der Waals surface area contributed by atoms with E-state index in [1.807, 2.05) is 13.8 Å². The van der Waals surface area contributed by atoms with Crippen LogP contribution in [0.4, 0.5) is 0 Å². The summed E-state index contributed by atoms with van der Waals surface area (Å²) in [5, 5.41) is 8.64.